The van der Waals surface area contributed by atoms with E-state index < -0.39 is 5.97 Å². The molecule has 1 aliphatic rings. The molecule has 2 rings (SSSR count). The lowest BCUT2D eigenvalue weighted by molar-refractivity contribution is -0.136. The van der Waals surface area contributed by atoms with E-state index in [1.807, 2.05) is 18.7 Å². The van der Waals surface area contributed by atoms with Crippen LogP contribution in [0.4, 0.5) is 0 Å². The number of thioether (sulfide) groups is 1. The van der Waals surface area contributed by atoms with Crippen molar-refractivity contribution in [2.45, 2.75) is 25.5 Å². The number of aryl methyl sites for hydroxylation is 1. The maximum Gasteiger partial charge on any atom is 0.307 e. The molecule has 1 aromatic heterocycles. The van der Waals surface area contributed by atoms with E-state index in [1.54, 1.807) is 0 Å². The van der Waals surface area contributed by atoms with E-state index in [-0.39, 0.29) is 6.42 Å². The molecule has 0 bridgehead atoms. The molecule has 0 spiro atoms. The quantitative estimate of drug-likeness (QED) is 0.814. The third kappa shape index (κ3) is 1.66. The van der Waals surface area contributed by atoms with Crippen LogP contribution in [0.1, 0.15) is 22.6 Å². The van der Waals surface area contributed by atoms with Gasteiger partial charge >= 0.3 is 5.97 Å². The molecule has 0 saturated heterocycles. The van der Waals surface area contributed by atoms with E-state index in [0.717, 1.165) is 40.6 Å². The second-order valence-electron chi connectivity index (χ2n) is 3.41. The molecule has 1 aromatic rings. The van der Waals surface area contributed by atoms with Gasteiger partial charge in [0.05, 0.1) is 12.2 Å². The van der Waals surface area contributed by atoms with E-state index in [4.69, 9.17) is 9.52 Å². The van der Waals surface area contributed by atoms with Gasteiger partial charge in [-0.1, -0.05) is 0 Å². The van der Waals surface area contributed by atoms with Gasteiger partial charge in [-0.15, -0.1) is 0 Å². The number of hydrogen-bond acceptors (Lipinski definition) is 3. The van der Waals surface area contributed by atoms with E-state index in [1.165, 1.54) is 0 Å². The van der Waals surface area contributed by atoms with Crippen molar-refractivity contribution in [2.75, 3.05) is 5.75 Å². The lowest BCUT2D eigenvalue weighted by atomic mass is 10.0. The zero-order chi connectivity index (χ0) is 10.1. The van der Waals surface area contributed by atoms with Crippen molar-refractivity contribution in [2.24, 2.45) is 0 Å². The van der Waals surface area contributed by atoms with Crippen molar-refractivity contribution < 1.29 is 14.3 Å². The molecule has 0 radical (unpaired) electrons. The van der Waals surface area contributed by atoms with Crippen LogP contribution in [-0.4, -0.2) is 16.8 Å². The molecule has 3 nitrogen and oxygen atoms in total. The fourth-order valence-corrected chi connectivity index (χ4v) is 2.73. The Hall–Kier alpha value is -0.900. The van der Waals surface area contributed by atoms with Crippen LogP contribution in [0.15, 0.2) is 4.42 Å². The van der Waals surface area contributed by atoms with Crippen molar-refractivity contribution in [1.29, 1.82) is 0 Å². The first-order valence-electron chi connectivity index (χ1n) is 4.58. The Morgan fingerprint density at radius 3 is 3.14 bits per heavy atom. The Morgan fingerprint density at radius 1 is 1.64 bits per heavy atom. The second kappa shape index (κ2) is 3.69. The summed E-state index contributed by atoms with van der Waals surface area (Å²) in [6.45, 7) is 1.85. The maximum atomic E-state index is 10.7. The van der Waals surface area contributed by atoms with Crippen molar-refractivity contribution in [3.63, 3.8) is 0 Å². The summed E-state index contributed by atoms with van der Waals surface area (Å²) in [5, 5.41) is 8.76. The molecule has 1 N–H and O–H groups in total. The minimum absolute atomic E-state index is 0.0926. The molecule has 2 heterocycles. The number of carboxylic acid groups (broad SMARTS) is 1. The molecule has 14 heavy (non-hydrogen) atoms. The third-order valence-electron chi connectivity index (χ3n) is 2.46. The van der Waals surface area contributed by atoms with Crippen LogP contribution in [0.5, 0.6) is 0 Å². The van der Waals surface area contributed by atoms with E-state index in [2.05, 4.69) is 0 Å². The predicted molar refractivity (Wildman–Crippen MR) is 54.7 cm³/mol. The first-order valence-corrected chi connectivity index (χ1v) is 5.73. The first kappa shape index (κ1) is 9.65. The number of furan rings is 1. The number of rotatable bonds is 2. The van der Waals surface area contributed by atoms with Crippen LogP contribution in [-0.2, 0) is 23.4 Å². The minimum Gasteiger partial charge on any atom is -0.481 e. The Bertz CT molecular complexity index is 368. The predicted octanol–water partition coefficient (Wildman–Crippen LogP) is 2.00. The van der Waals surface area contributed by atoms with Gasteiger partial charge in [-0.3, -0.25) is 4.79 Å². The normalized spacial score (nSPS) is 15.2. The van der Waals surface area contributed by atoms with Crippen LogP contribution in [0, 0.1) is 6.92 Å². The van der Waals surface area contributed by atoms with Crippen LogP contribution in [0.3, 0.4) is 0 Å². The maximum absolute atomic E-state index is 10.7. The van der Waals surface area contributed by atoms with Crippen molar-refractivity contribution in [3.05, 3.63) is 22.6 Å². The van der Waals surface area contributed by atoms with Gasteiger partial charge < -0.3 is 9.52 Å². The SMILES string of the molecule is Cc1oc2c(c1CC(=O)O)CCSC2. The molecule has 0 saturated carbocycles. The second-order valence-corrected chi connectivity index (χ2v) is 4.52. The first-order chi connectivity index (χ1) is 6.68. The fraction of sp³-hybridized carbons (Fsp3) is 0.500. The Balaban J connectivity index is 2.37. The highest BCUT2D eigenvalue weighted by Gasteiger charge is 2.21. The van der Waals surface area contributed by atoms with Crippen molar-refractivity contribution >= 4 is 17.7 Å². The topological polar surface area (TPSA) is 50.4 Å². The van der Waals surface area contributed by atoms with Crippen molar-refractivity contribution in [3.8, 4) is 0 Å². The molecule has 0 aliphatic carbocycles. The summed E-state index contributed by atoms with van der Waals surface area (Å²) in [4.78, 5) is 10.7. The van der Waals surface area contributed by atoms with E-state index in [0.29, 0.717) is 0 Å². The van der Waals surface area contributed by atoms with Crippen LogP contribution >= 0.6 is 11.8 Å². The minimum atomic E-state index is -0.782. The molecule has 0 amide bonds. The molecule has 76 valence electrons. The largest absolute Gasteiger partial charge is 0.481 e. The smallest absolute Gasteiger partial charge is 0.307 e. The molecule has 0 unspecified atom stereocenters. The van der Waals surface area contributed by atoms with Gasteiger partial charge in [0.25, 0.3) is 0 Å². The van der Waals surface area contributed by atoms with Gasteiger partial charge in [0.2, 0.25) is 0 Å². The number of hydrogen-bond donors (Lipinski definition) is 1. The van der Waals surface area contributed by atoms with Gasteiger partial charge in [-0.05, 0) is 24.7 Å². The summed E-state index contributed by atoms with van der Waals surface area (Å²) in [5.74, 6) is 2.93. The summed E-state index contributed by atoms with van der Waals surface area (Å²) in [5.41, 5.74) is 2.04. The summed E-state index contributed by atoms with van der Waals surface area (Å²) < 4.78 is 5.55. The average Bonchev–Trinajstić information content (AvgIpc) is 2.43. The summed E-state index contributed by atoms with van der Waals surface area (Å²) in [7, 11) is 0. The van der Waals surface area contributed by atoms with Gasteiger partial charge in [0, 0.05) is 5.56 Å². The summed E-state index contributed by atoms with van der Waals surface area (Å²) in [6, 6.07) is 0. The van der Waals surface area contributed by atoms with Crippen LogP contribution < -0.4 is 0 Å². The average molecular weight is 212 g/mol. The molecule has 4 heteroatoms. The standard InChI is InChI=1S/C10H12O3S/c1-6-8(4-10(11)12)7-2-3-14-5-9(7)13-6/h2-5H2,1H3,(H,11,12). The molecular formula is C10H12O3S. The number of carboxylic acids is 1. The van der Waals surface area contributed by atoms with Gasteiger partial charge in [-0.25, -0.2) is 0 Å². The molecule has 1 aliphatic heterocycles. The highest BCUT2D eigenvalue weighted by Crippen LogP contribution is 2.31. The summed E-state index contributed by atoms with van der Waals surface area (Å²) in [6.07, 6.45) is 1.04. The fourth-order valence-electron chi connectivity index (χ4n) is 1.82. The Labute approximate surface area is 86.5 Å². The van der Waals surface area contributed by atoms with E-state index in [9.17, 15) is 4.79 Å². The zero-order valence-corrected chi connectivity index (χ0v) is 8.82. The number of fused-ring (bicyclic) bond motifs is 1. The lowest BCUT2D eigenvalue weighted by Crippen LogP contribution is -2.06. The highest BCUT2D eigenvalue weighted by atomic mass is 32.2. The number of aliphatic carboxylic acids is 1. The van der Waals surface area contributed by atoms with Gasteiger partial charge in [0.1, 0.15) is 11.5 Å². The molecule has 0 atom stereocenters. The highest BCUT2D eigenvalue weighted by molar-refractivity contribution is 7.98. The number of carbonyl (C=O) groups is 1. The van der Waals surface area contributed by atoms with Crippen LogP contribution in [0.25, 0.3) is 0 Å². The lowest BCUT2D eigenvalue weighted by Gasteiger charge is -2.09. The van der Waals surface area contributed by atoms with Crippen molar-refractivity contribution in [1.82, 2.24) is 0 Å². The Kier molecular flexibility index (Phi) is 2.54. The zero-order valence-electron chi connectivity index (χ0n) is 8.00. The monoisotopic (exact) mass is 212 g/mol. The van der Waals surface area contributed by atoms with Crippen LogP contribution in [0.2, 0.25) is 0 Å². The third-order valence-corrected chi connectivity index (χ3v) is 3.42. The molecule has 0 aromatic carbocycles. The molecule has 0 fully saturated rings. The van der Waals surface area contributed by atoms with Gasteiger partial charge in [0.15, 0.2) is 0 Å². The molecular weight excluding hydrogens is 200 g/mol. The summed E-state index contributed by atoms with van der Waals surface area (Å²) >= 11 is 1.84. The Morgan fingerprint density at radius 2 is 2.43 bits per heavy atom. The van der Waals surface area contributed by atoms with Gasteiger partial charge in [-0.2, -0.15) is 11.8 Å². The van der Waals surface area contributed by atoms with E-state index >= 15 is 0 Å².